The molecule has 3 rings (SSSR count). The van der Waals surface area contributed by atoms with Crippen LogP contribution in [0.4, 0.5) is 0 Å². The molecule has 0 aliphatic heterocycles. The summed E-state index contributed by atoms with van der Waals surface area (Å²) in [6, 6.07) is 11.1. The van der Waals surface area contributed by atoms with E-state index in [1.54, 1.807) is 12.3 Å². The summed E-state index contributed by atoms with van der Waals surface area (Å²) in [5.41, 5.74) is 0.622. The molecule has 2 heterocycles. The van der Waals surface area contributed by atoms with Crippen LogP contribution in [0.5, 0.6) is 5.75 Å². The lowest BCUT2D eigenvalue weighted by Gasteiger charge is -2.27. The molecule has 0 bridgehead atoms. The first kappa shape index (κ1) is 13.5. The second-order valence-corrected chi connectivity index (χ2v) is 5.72. The quantitative estimate of drug-likeness (QED) is 0.563. The monoisotopic (exact) mass is 308 g/mol. The number of hydrogen-bond donors (Lipinski definition) is 1. The molecule has 0 radical (unpaired) electrons. The van der Waals surface area contributed by atoms with Gasteiger partial charge in [-0.05, 0) is 23.6 Å². The van der Waals surface area contributed by atoms with Gasteiger partial charge in [-0.1, -0.05) is 18.2 Å². The Labute approximate surface area is 125 Å². The van der Waals surface area contributed by atoms with E-state index < -0.39 is 5.79 Å². The summed E-state index contributed by atoms with van der Waals surface area (Å²) >= 11 is 7.24. The molecule has 5 heteroatoms. The third kappa shape index (κ3) is 2.42. The van der Waals surface area contributed by atoms with Crippen LogP contribution in [0.3, 0.4) is 0 Å². The molecular weight excluding hydrogens is 296 g/mol. The number of aliphatic hydroxyl groups is 1. The third-order valence-corrected chi connectivity index (χ3v) is 4.25. The lowest BCUT2D eigenvalue weighted by atomic mass is 10.1. The van der Waals surface area contributed by atoms with E-state index in [0.717, 1.165) is 10.3 Å². The van der Waals surface area contributed by atoms with Gasteiger partial charge < -0.3 is 14.3 Å². The number of fused-ring (bicyclic) bond motifs is 1. The predicted molar refractivity (Wildman–Crippen MR) is 80.4 cm³/mol. The Hall–Kier alpha value is -1.49. The van der Waals surface area contributed by atoms with Crippen LogP contribution in [0.15, 0.2) is 52.5 Å². The van der Waals surface area contributed by atoms with Gasteiger partial charge in [-0.3, -0.25) is 0 Å². The lowest BCUT2D eigenvalue weighted by molar-refractivity contribution is -0.144. The Balaban J connectivity index is 2.00. The molecule has 3 nitrogen and oxygen atoms in total. The molecule has 0 spiro atoms. The molecule has 0 aliphatic carbocycles. The standard InChI is InChI=1S/C15H13ClO3S/c16-8-7-15(17,13-5-2-10-20-13)19-12-4-1-3-11-6-9-18-14(11)12/h1-6,9-10,17H,7-8H2/t15-/m1/s1. The Morgan fingerprint density at radius 3 is 2.90 bits per heavy atom. The van der Waals surface area contributed by atoms with E-state index >= 15 is 0 Å². The Bertz CT molecular complexity index is 692. The predicted octanol–water partition coefficient (Wildman–Crippen LogP) is 4.35. The molecule has 1 atom stereocenters. The van der Waals surface area contributed by atoms with E-state index in [-0.39, 0.29) is 0 Å². The molecule has 20 heavy (non-hydrogen) atoms. The van der Waals surface area contributed by atoms with Gasteiger partial charge in [0.2, 0.25) is 5.79 Å². The number of furan rings is 1. The van der Waals surface area contributed by atoms with E-state index in [9.17, 15) is 5.11 Å². The number of benzene rings is 1. The number of ether oxygens (including phenoxy) is 1. The highest BCUT2D eigenvalue weighted by atomic mass is 35.5. The minimum absolute atomic E-state index is 0.294. The van der Waals surface area contributed by atoms with Crippen LogP contribution in [0.2, 0.25) is 0 Å². The second-order valence-electron chi connectivity index (χ2n) is 4.40. The zero-order valence-corrected chi connectivity index (χ0v) is 12.2. The van der Waals surface area contributed by atoms with Gasteiger partial charge in [-0.2, -0.15) is 0 Å². The van der Waals surface area contributed by atoms with Crippen molar-refractivity contribution in [2.75, 3.05) is 5.88 Å². The van der Waals surface area contributed by atoms with Gasteiger partial charge in [-0.15, -0.1) is 22.9 Å². The fourth-order valence-corrected chi connectivity index (χ4v) is 3.13. The Kier molecular flexibility index (Phi) is 3.70. The normalized spacial score (nSPS) is 14.3. The number of para-hydroxylation sites is 1. The fraction of sp³-hybridized carbons (Fsp3) is 0.200. The maximum atomic E-state index is 10.8. The Morgan fingerprint density at radius 1 is 1.25 bits per heavy atom. The number of hydrogen-bond acceptors (Lipinski definition) is 4. The van der Waals surface area contributed by atoms with Crippen LogP contribution in [0.1, 0.15) is 11.3 Å². The van der Waals surface area contributed by atoms with Crippen molar-refractivity contribution in [3.05, 3.63) is 52.9 Å². The average molecular weight is 309 g/mol. The van der Waals surface area contributed by atoms with E-state index in [1.165, 1.54) is 11.3 Å². The zero-order valence-electron chi connectivity index (χ0n) is 10.6. The summed E-state index contributed by atoms with van der Waals surface area (Å²) in [4.78, 5) is 0.724. The highest BCUT2D eigenvalue weighted by Gasteiger charge is 2.33. The molecule has 1 aromatic carbocycles. The highest BCUT2D eigenvalue weighted by Crippen LogP contribution is 2.36. The van der Waals surface area contributed by atoms with Gasteiger partial charge in [-0.25, -0.2) is 0 Å². The maximum absolute atomic E-state index is 10.8. The minimum Gasteiger partial charge on any atom is -0.460 e. The zero-order chi connectivity index (χ0) is 14.0. The molecule has 1 N–H and O–H groups in total. The van der Waals surface area contributed by atoms with Crippen molar-refractivity contribution >= 4 is 33.9 Å². The molecule has 2 aromatic heterocycles. The van der Waals surface area contributed by atoms with Crippen LogP contribution in [0, 0.1) is 0 Å². The smallest absolute Gasteiger partial charge is 0.245 e. The highest BCUT2D eigenvalue weighted by molar-refractivity contribution is 7.10. The van der Waals surface area contributed by atoms with Crippen LogP contribution >= 0.6 is 22.9 Å². The van der Waals surface area contributed by atoms with Crippen LogP contribution < -0.4 is 4.74 Å². The van der Waals surface area contributed by atoms with Crippen LogP contribution in [-0.2, 0) is 5.79 Å². The van der Waals surface area contributed by atoms with Gasteiger partial charge in [0.25, 0.3) is 0 Å². The number of halogens is 1. The molecule has 0 fully saturated rings. The third-order valence-electron chi connectivity index (χ3n) is 3.06. The van der Waals surface area contributed by atoms with Gasteiger partial charge in [0.15, 0.2) is 11.3 Å². The molecule has 0 saturated carbocycles. The van der Waals surface area contributed by atoms with Gasteiger partial charge in [0.05, 0.1) is 11.1 Å². The van der Waals surface area contributed by atoms with Crippen molar-refractivity contribution in [3.8, 4) is 5.75 Å². The number of rotatable bonds is 5. The molecule has 0 saturated heterocycles. The summed E-state index contributed by atoms with van der Waals surface area (Å²) in [5.74, 6) is -0.631. The van der Waals surface area contributed by atoms with E-state index in [1.807, 2.05) is 35.7 Å². The van der Waals surface area contributed by atoms with Crippen molar-refractivity contribution in [2.45, 2.75) is 12.2 Å². The lowest BCUT2D eigenvalue weighted by Crippen LogP contribution is -2.32. The van der Waals surface area contributed by atoms with Gasteiger partial charge in [0, 0.05) is 17.7 Å². The second kappa shape index (κ2) is 5.48. The molecular formula is C15H13ClO3S. The van der Waals surface area contributed by atoms with E-state index in [4.69, 9.17) is 20.8 Å². The molecule has 3 aromatic rings. The summed E-state index contributed by atoms with van der Waals surface area (Å²) in [5, 5.41) is 13.6. The summed E-state index contributed by atoms with van der Waals surface area (Å²) in [6.07, 6.45) is 1.90. The largest absolute Gasteiger partial charge is 0.460 e. The first-order valence-electron chi connectivity index (χ1n) is 6.20. The molecule has 0 unspecified atom stereocenters. The molecule has 0 aliphatic rings. The summed E-state index contributed by atoms with van der Waals surface area (Å²) in [6.45, 7) is 0. The van der Waals surface area contributed by atoms with Crippen molar-refractivity contribution in [1.29, 1.82) is 0 Å². The SMILES string of the molecule is O[C@](CCCl)(Oc1cccc2ccoc12)c1cccs1. The van der Waals surface area contributed by atoms with Crippen LogP contribution in [-0.4, -0.2) is 11.0 Å². The number of thiophene rings is 1. The first-order chi connectivity index (χ1) is 9.73. The fourth-order valence-electron chi connectivity index (χ4n) is 2.08. The van der Waals surface area contributed by atoms with Crippen LogP contribution in [0.25, 0.3) is 11.0 Å². The van der Waals surface area contributed by atoms with E-state index in [0.29, 0.717) is 23.6 Å². The van der Waals surface area contributed by atoms with Gasteiger partial charge in [0.1, 0.15) is 0 Å². The van der Waals surface area contributed by atoms with Crippen molar-refractivity contribution in [3.63, 3.8) is 0 Å². The topological polar surface area (TPSA) is 42.6 Å². The van der Waals surface area contributed by atoms with Crippen molar-refractivity contribution in [2.24, 2.45) is 0 Å². The maximum Gasteiger partial charge on any atom is 0.245 e. The summed E-state index contributed by atoms with van der Waals surface area (Å²) < 4.78 is 11.3. The first-order valence-corrected chi connectivity index (χ1v) is 7.62. The van der Waals surface area contributed by atoms with Crippen molar-refractivity contribution in [1.82, 2.24) is 0 Å². The summed E-state index contributed by atoms with van der Waals surface area (Å²) in [7, 11) is 0. The number of alkyl halides is 1. The van der Waals surface area contributed by atoms with E-state index in [2.05, 4.69) is 0 Å². The molecule has 0 amide bonds. The Morgan fingerprint density at radius 2 is 2.15 bits per heavy atom. The minimum atomic E-state index is -1.43. The molecule has 104 valence electrons. The van der Waals surface area contributed by atoms with Gasteiger partial charge >= 0.3 is 0 Å². The average Bonchev–Trinajstić information content (AvgIpc) is 3.11. The van der Waals surface area contributed by atoms with Crippen molar-refractivity contribution < 1.29 is 14.3 Å².